The minimum Gasteiger partial charge on any atom is -0.0622 e. The minimum atomic E-state index is 1.24. The summed E-state index contributed by atoms with van der Waals surface area (Å²) in [5.41, 5.74) is 23.4. The first-order valence-corrected chi connectivity index (χ1v) is 19.7. The van der Waals surface area contributed by atoms with E-state index >= 15 is 0 Å². The van der Waals surface area contributed by atoms with Gasteiger partial charge in [-0.2, -0.15) is 0 Å². The molecule has 12 rings (SSSR count). The van der Waals surface area contributed by atoms with E-state index < -0.39 is 0 Å². The third-order valence-corrected chi connectivity index (χ3v) is 12.6. The van der Waals surface area contributed by atoms with Crippen LogP contribution in [0.5, 0.6) is 0 Å². The van der Waals surface area contributed by atoms with Crippen LogP contribution in [-0.2, 0) is 0 Å². The van der Waals surface area contributed by atoms with Crippen LogP contribution < -0.4 is 0 Å². The molecule has 0 aromatic heterocycles. The predicted octanol–water partition coefficient (Wildman–Crippen LogP) is 15.7. The van der Waals surface area contributed by atoms with Crippen molar-refractivity contribution in [3.05, 3.63) is 193 Å². The molecule has 0 unspecified atom stereocenters. The van der Waals surface area contributed by atoms with Crippen LogP contribution in [-0.4, -0.2) is 0 Å². The van der Waals surface area contributed by atoms with Gasteiger partial charge >= 0.3 is 0 Å². The van der Waals surface area contributed by atoms with E-state index in [9.17, 15) is 0 Å². The van der Waals surface area contributed by atoms with E-state index in [0.29, 0.717) is 0 Å². The van der Waals surface area contributed by atoms with Crippen LogP contribution >= 0.6 is 0 Å². The summed E-state index contributed by atoms with van der Waals surface area (Å²) in [5, 5.41) is 7.87. The molecule has 0 aliphatic heterocycles. The molecular weight excluding hydrogens is 673 g/mol. The Kier molecular flexibility index (Phi) is 6.57. The van der Waals surface area contributed by atoms with Crippen LogP contribution in [0.15, 0.2) is 182 Å². The maximum atomic E-state index is 2.47. The first-order valence-electron chi connectivity index (χ1n) is 19.7. The lowest BCUT2D eigenvalue weighted by molar-refractivity contribution is 1.38. The number of fused-ring (bicyclic) bond motifs is 7. The first kappa shape index (κ1) is 31.3. The van der Waals surface area contributed by atoms with Crippen molar-refractivity contribution >= 4 is 32.3 Å². The number of aryl methyl sites for hydroxylation is 2. The fraction of sp³-hybridized carbons (Fsp3) is 0.0357. The van der Waals surface area contributed by atoms with Gasteiger partial charge in [-0.05, 0) is 158 Å². The Balaban J connectivity index is 1.17. The number of rotatable bonds is 4. The molecule has 10 aromatic rings. The van der Waals surface area contributed by atoms with Crippen molar-refractivity contribution in [1.29, 1.82) is 0 Å². The highest BCUT2D eigenvalue weighted by molar-refractivity contribution is 6.29. The maximum absolute atomic E-state index is 2.47. The normalized spacial score (nSPS) is 12.1. The standard InChI is InChI=1S/C56H36/c1-33-13-9-14-34(2)50(33)39-26-28-45-49(32-39)53(37-17-7-4-8-18-37)55-46-24-12-23-42-40(29-30-47(54(42)46)56(55)52(45)36-15-5-3-6-16-36)38-25-27-41-43-21-10-19-35-20-11-22-44(51(35)43)48(41)31-38/h3-32H,1-2H3. The van der Waals surface area contributed by atoms with E-state index in [1.165, 1.54) is 132 Å². The Hall–Kier alpha value is -7.02. The second-order valence-corrected chi connectivity index (χ2v) is 15.6. The molecule has 0 saturated carbocycles. The molecule has 0 spiro atoms. The topological polar surface area (TPSA) is 0 Å². The summed E-state index contributed by atoms with van der Waals surface area (Å²) in [6.07, 6.45) is 0. The summed E-state index contributed by atoms with van der Waals surface area (Å²) in [5.74, 6) is 0. The maximum Gasteiger partial charge on any atom is -0.000741 e. The minimum absolute atomic E-state index is 1.24. The molecule has 260 valence electrons. The third kappa shape index (κ3) is 4.30. The Bertz CT molecular complexity index is 3270. The van der Waals surface area contributed by atoms with Crippen molar-refractivity contribution in [2.45, 2.75) is 13.8 Å². The molecule has 0 amide bonds. The molecule has 2 aliphatic carbocycles. The highest BCUT2D eigenvalue weighted by Crippen LogP contribution is 2.59. The summed E-state index contributed by atoms with van der Waals surface area (Å²) in [7, 11) is 0. The molecule has 0 atom stereocenters. The van der Waals surface area contributed by atoms with Crippen molar-refractivity contribution in [1.82, 2.24) is 0 Å². The van der Waals surface area contributed by atoms with Crippen molar-refractivity contribution in [2.75, 3.05) is 0 Å². The zero-order valence-corrected chi connectivity index (χ0v) is 31.3. The smallest absolute Gasteiger partial charge is 0.000741 e. The van der Waals surface area contributed by atoms with Gasteiger partial charge in [0.2, 0.25) is 0 Å². The summed E-state index contributed by atoms with van der Waals surface area (Å²) in [6, 6.07) is 68.3. The predicted molar refractivity (Wildman–Crippen MR) is 239 cm³/mol. The molecule has 0 saturated heterocycles. The third-order valence-electron chi connectivity index (χ3n) is 12.6. The van der Waals surface area contributed by atoms with Gasteiger partial charge in [-0.3, -0.25) is 0 Å². The molecule has 0 nitrogen and oxygen atoms in total. The molecule has 0 radical (unpaired) electrons. The lowest BCUT2D eigenvalue weighted by Crippen LogP contribution is -1.95. The SMILES string of the molecule is Cc1cccc(C)c1-c1ccc2c(-c3ccccc3)c3c(c(-c4ccccc4)c2c1)-c1cccc2c(-c4ccc5c(c4)-c4cccc6cccc-5c46)ccc-3c12. The highest BCUT2D eigenvalue weighted by Gasteiger charge is 2.32. The van der Waals surface area contributed by atoms with E-state index in [4.69, 9.17) is 0 Å². The summed E-state index contributed by atoms with van der Waals surface area (Å²) in [6.45, 7) is 4.47. The zero-order chi connectivity index (χ0) is 37.1. The van der Waals surface area contributed by atoms with Gasteiger partial charge in [0.15, 0.2) is 0 Å². The Morgan fingerprint density at radius 2 is 0.804 bits per heavy atom. The monoisotopic (exact) mass is 708 g/mol. The highest BCUT2D eigenvalue weighted by atomic mass is 14.3. The van der Waals surface area contributed by atoms with Crippen molar-refractivity contribution in [3.63, 3.8) is 0 Å². The molecule has 56 heavy (non-hydrogen) atoms. The van der Waals surface area contributed by atoms with Gasteiger partial charge < -0.3 is 0 Å². The Morgan fingerprint density at radius 1 is 0.250 bits per heavy atom. The lowest BCUT2D eigenvalue weighted by atomic mass is 9.81. The van der Waals surface area contributed by atoms with Gasteiger partial charge in [0.05, 0.1) is 0 Å². The number of hydrogen-bond donors (Lipinski definition) is 0. The fourth-order valence-electron chi connectivity index (χ4n) is 10.3. The van der Waals surface area contributed by atoms with Crippen LogP contribution in [0.3, 0.4) is 0 Å². The molecule has 0 N–H and O–H groups in total. The second kappa shape index (κ2) is 11.7. The Morgan fingerprint density at radius 3 is 1.52 bits per heavy atom. The van der Waals surface area contributed by atoms with E-state index in [1.807, 2.05) is 0 Å². The summed E-state index contributed by atoms with van der Waals surface area (Å²) in [4.78, 5) is 0. The van der Waals surface area contributed by atoms with Gasteiger partial charge in [-0.15, -0.1) is 0 Å². The molecule has 2 aliphatic rings. The van der Waals surface area contributed by atoms with Crippen LogP contribution in [0, 0.1) is 13.8 Å². The van der Waals surface area contributed by atoms with Crippen LogP contribution in [0.4, 0.5) is 0 Å². The summed E-state index contributed by atoms with van der Waals surface area (Å²) >= 11 is 0. The lowest BCUT2D eigenvalue weighted by Gasteiger charge is -2.21. The van der Waals surface area contributed by atoms with Gasteiger partial charge in [-0.1, -0.05) is 170 Å². The Labute approximate surface area is 327 Å². The molecule has 0 fully saturated rings. The van der Waals surface area contributed by atoms with Crippen molar-refractivity contribution in [2.24, 2.45) is 0 Å². The molecule has 10 aromatic carbocycles. The van der Waals surface area contributed by atoms with Gasteiger partial charge in [0.25, 0.3) is 0 Å². The average Bonchev–Trinajstić information content (AvgIpc) is 3.75. The van der Waals surface area contributed by atoms with E-state index in [-0.39, 0.29) is 0 Å². The number of hydrogen-bond acceptors (Lipinski definition) is 0. The van der Waals surface area contributed by atoms with Crippen LogP contribution in [0.1, 0.15) is 11.1 Å². The van der Waals surface area contributed by atoms with Crippen LogP contribution in [0.25, 0.3) is 121 Å². The van der Waals surface area contributed by atoms with Crippen molar-refractivity contribution in [3.8, 4) is 89.0 Å². The van der Waals surface area contributed by atoms with Gasteiger partial charge in [0, 0.05) is 0 Å². The average molecular weight is 709 g/mol. The largest absolute Gasteiger partial charge is 0.0622 e. The number of benzene rings is 10. The molecule has 0 heteroatoms. The zero-order valence-electron chi connectivity index (χ0n) is 31.3. The molecule has 0 bridgehead atoms. The molecule has 0 heterocycles. The fourth-order valence-corrected chi connectivity index (χ4v) is 10.3. The van der Waals surface area contributed by atoms with Crippen molar-refractivity contribution < 1.29 is 0 Å². The van der Waals surface area contributed by atoms with E-state index in [2.05, 4.69) is 196 Å². The molecular formula is C56H36. The first-order chi connectivity index (χ1) is 27.6. The quantitative estimate of drug-likeness (QED) is 0.171. The van der Waals surface area contributed by atoms with E-state index in [0.717, 1.165) is 0 Å². The van der Waals surface area contributed by atoms with Gasteiger partial charge in [-0.25, -0.2) is 0 Å². The second-order valence-electron chi connectivity index (χ2n) is 15.6. The van der Waals surface area contributed by atoms with E-state index in [1.54, 1.807) is 0 Å². The summed E-state index contributed by atoms with van der Waals surface area (Å²) < 4.78 is 0. The van der Waals surface area contributed by atoms with Gasteiger partial charge in [0.1, 0.15) is 0 Å². The van der Waals surface area contributed by atoms with Crippen LogP contribution in [0.2, 0.25) is 0 Å².